The van der Waals surface area contributed by atoms with Gasteiger partial charge in [0.15, 0.2) is 0 Å². The molecule has 4 nitrogen and oxygen atoms in total. The van der Waals surface area contributed by atoms with Crippen molar-refractivity contribution in [3.8, 4) is 5.75 Å². The Bertz CT molecular complexity index is 457. The maximum absolute atomic E-state index is 10.7. The molecule has 1 atom stereocenters. The summed E-state index contributed by atoms with van der Waals surface area (Å²) >= 11 is 0. The number of aryl methyl sites for hydroxylation is 1. The van der Waals surface area contributed by atoms with Crippen molar-refractivity contribution in [3.05, 3.63) is 28.8 Å². The second-order valence-corrected chi connectivity index (χ2v) is 4.89. The average Bonchev–Trinajstić information content (AvgIpc) is 2.38. The smallest absolute Gasteiger partial charge is 0.320 e. The average molecular weight is 249 g/mol. The van der Waals surface area contributed by atoms with Crippen molar-refractivity contribution < 1.29 is 15.0 Å². The number of carbonyl (C=O) groups is 1. The molecule has 4 N–H and O–H groups in total. The molecular formula is C14H19NO3. The number of rotatable bonds is 4. The summed E-state index contributed by atoms with van der Waals surface area (Å²) in [4.78, 5) is 10.7. The van der Waals surface area contributed by atoms with Crippen molar-refractivity contribution in [2.45, 2.75) is 44.6 Å². The number of phenolic OH excluding ortho intramolecular Hbond substituents is 1. The molecule has 0 saturated heterocycles. The van der Waals surface area contributed by atoms with E-state index in [0.29, 0.717) is 18.6 Å². The zero-order valence-corrected chi connectivity index (χ0v) is 10.4. The van der Waals surface area contributed by atoms with E-state index in [1.165, 1.54) is 5.56 Å². The van der Waals surface area contributed by atoms with E-state index in [4.69, 9.17) is 10.8 Å². The molecule has 0 aliphatic heterocycles. The molecule has 0 amide bonds. The van der Waals surface area contributed by atoms with Crippen LogP contribution in [0.4, 0.5) is 0 Å². The molecule has 0 unspecified atom stereocenters. The van der Waals surface area contributed by atoms with Crippen LogP contribution in [0.5, 0.6) is 5.75 Å². The quantitative estimate of drug-likeness (QED) is 0.757. The van der Waals surface area contributed by atoms with Crippen molar-refractivity contribution >= 4 is 5.97 Å². The predicted molar refractivity (Wildman–Crippen MR) is 68.7 cm³/mol. The number of hydrogen-bond acceptors (Lipinski definition) is 3. The lowest BCUT2D eigenvalue weighted by atomic mass is 9.86. The maximum atomic E-state index is 10.7. The monoisotopic (exact) mass is 249 g/mol. The van der Waals surface area contributed by atoms with Gasteiger partial charge in [0.2, 0.25) is 0 Å². The highest BCUT2D eigenvalue weighted by Gasteiger charge is 2.18. The van der Waals surface area contributed by atoms with Gasteiger partial charge >= 0.3 is 5.97 Å². The first-order valence-electron chi connectivity index (χ1n) is 6.40. The zero-order chi connectivity index (χ0) is 13.1. The fourth-order valence-corrected chi connectivity index (χ4v) is 2.59. The molecule has 1 aromatic rings. The van der Waals surface area contributed by atoms with Crippen molar-refractivity contribution in [2.24, 2.45) is 5.73 Å². The highest BCUT2D eigenvalue weighted by atomic mass is 16.4. The molecule has 0 saturated carbocycles. The summed E-state index contributed by atoms with van der Waals surface area (Å²) in [5.41, 5.74) is 8.91. The summed E-state index contributed by atoms with van der Waals surface area (Å²) in [6, 6.07) is 2.80. The van der Waals surface area contributed by atoms with E-state index in [0.717, 1.165) is 36.8 Å². The molecule has 18 heavy (non-hydrogen) atoms. The van der Waals surface area contributed by atoms with Crippen LogP contribution in [0.15, 0.2) is 12.1 Å². The van der Waals surface area contributed by atoms with E-state index in [1.807, 2.05) is 6.07 Å². The first-order valence-corrected chi connectivity index (χ1v) is 6.40. The minimum atomic E-state index is -0.956. The van der Waals surface area contributed by atoms with Gasteiger partial charge in [0, 0.05) is 0 Å². The van der Waals surface area contributed by atoms with E-state index in [1.54, 1.807) is 6.07 Å². The Morgan fingerprint density at radius 3 is 2.61 bits per heavy atom. The standard InChI is InChI=1S/C14H19NO3/c15-12(14(17)18)7-5-9-6-8-13(16)11-4-2-1-3-10(9)11/h6,8,12,16H,1-5,7,15H2,(H,17,18)/t12-/m0/s1. The SMILES string of the molecule is N[C@@H](CCc1ccc(O)c2c1CCCC2)C(=O)O. The van der Waals surface area contributed by atoms with Crippen molar-refractivity contribution in [1.82, 2.24) is 0 Å². The summed E-state index contributed by atoms with van der Waals surface area (Å²) in [6.45, 7) is 0. The Balaban J connectivity index is 2.16. The molecule has 98 valence electrons. The van der Waals surface area contributed by atoms with Gasteiger partial charge in [-0.3, -0.25) is 4.79 Å². The highest BCUT2D eigenvalue weighted by Crippen LogP contribution is 2.32. The Hall–Kier alpha value is -1.55. The summed E-state index contributed by atoms with van der Waals surface area (Å²) in [5.74, 6) is -0.585. The van der Waals surface area contributed by atoms with Gasteiger partial charge in [-0.1, -0.05) is 6.07 Å². The predicted octanol–water partition coefficient (Wildman–Crippen LogP) is 1.62. The molecule has 2 rings (SSSR count). The van der Waals surface area contributed by atoms with Crippen LogP contribution >= 0.6 is 0 Å². The highest BCUT2D eigenvalue weighted by molar-refractivity contribution is 5.73. The van der Waals surface area contributed by atoms with E-state index in [-0.39, 0.29) is 0 Å². The van der Waals surface area contributed by atoms with Gasteiger partial charge in [-0.25, -0.2) is 0 Å². The van der Waals surface area contributed by atoms with Crippen LogP contribution < -0.4 is 5.73 Å². The summed E-state index contributed by atoms with van der Waals surface area (Å²) in [5, 5.41) is 18.6. The molecular weight excluding hydrogens is 230 g/mol. The van der Waals surface area contributed by atoms with Crippen molar-refractivity contribution in [3.63, 3.8) is 0 Å². The molecule has 0 aromatic heterocycles. The summed E-state index contributed by atoms with van der Waals surface area (Å²) in [7, 11) is 0. The Kier molecular flexibility index (Phi) is 3.87. The number of phenols is 1. The third-order valence-electron chi connectivity index (χ3n) is 3.65. The molecule has 0 heterocycles. The number of fused-ring (bicyclic) bond motifs is 1. The van der Waals surface area contributed by atoms with Gasteiger partial charge in [-0.15, -0.1) is 0 Å². The van der Waals surface area contributed by atoms with Crippen LogP contribution in [-0.4, -0.2) is 22.2 Å². The molecule has 1 aliphatic rings. The largest absolute Gasteiger partial charge is 0.508 e. The molecule has 4 heteroatoms. The second-order valence-electron chi connectivity index (χ2n) is 4.89. The fourth-order valence-electron chi connectivity index (χ4n) is 2.59. The number of aromatic hydroxyl groups is 1. The van der Waals surface area contributed by atoms with Gasteiger partial charge in [0.1, 0.15) is 11.8 Å². The van der Waals surface area contributed by atoms with Crippen LogP contribution in [-0.2, 0) is 24.1 Å². The Labute approximate surface area is 106 Å². The normalized spacial score (nSPS) is 16.1. The lowest BCUT2D eigenvalue weighted by Crippen LogP contribution is -2.30. The van der Waals surface area contributed by atoms with Gasteiger partial charge in [-0.2, -0.15) is 0 Å². The lowest BCUT2D eigenvalue weighted by molar-refractivity contribution is -0.138. The Morgan fingerprint density at radius 2 is 1.94 bits per heavy atom. The number of aliphatic carboxylic acids is 1. The summed E-state index contributed by atoms with van der Waals surface area (Å²) in [6.07, 6.45) is 5.23. The maximum Gasteiger partial charge on any atom is 0.320 e. The number of carboxylic acid groups (broad SMARTS) is 1. The minimum Gasteiger partial charge on any atom is -0.508 e. The minimum absolute atomic E-state index is 0.371. The lowest BCUT2D eigenvalue weighted by Gasteiger charge is -2.21. The first kappa shape index (κ1) is 12.9. The second kappa shape index (κ2) is 5.40. The number of benzene rings is 1. The fraction of sp³-hybridized carbons (Fsp3) is 0.500. The van der Waals surface area contributed by atoms with Crippen LogP contribution in [0.2, 0.25) is 0 Å². The van der Waals surface area contributed by atoms with Crippen LogP contribution in [0.1, 0.15) is 36.0 Å². The summed E-state index contributed by atoms with van der Waals surface area (Å²) < 4.78 is 0. The van der Waals surface area contributed by atoms with Gasteiger partial charge < -0.3 is 15.9 Å². The van der Waals surface area contributed by atoms with E-state index in [2.05, 4.69) is 0 Å². The van der Waals surface area contributed by atoms with Crippen LogP contribution in [0.25, 0.3) is 0 Å². The molecule has 0 radical (unpaired) electrons. The van der Waals surface area contributed by atoms with Crippen molar-refractivity contribution in [1.29, 1.82) is 0 Å². The van der Waals surface area contributed by atoms with Crippen LogP contribution in [0.3, 0.4) is 0 Å². The van der Waals surface area contributed by atoms with Gasteiger partial charge in [-0.05, 0) is 61.3 Å². The van der Waals surface area contributed by atoms with E-state index in [9.17, 15) is 9.90 Å². The number of hydrogen-bond donors (Lipinski definition) is 3. The molecule has 0 fully saturated rings. The van der Waals surface area contributed by atoms with Crippen molar-refractivity contribution in [2.75, 3.05) is 0 Å². The third kappa shape index (κ3) is 2.64. The van der Waals surface area contributed by atoms with E-state index >= 15 is 0 Å². The van der Waals surface area contributed by atoms with Gasteiger partial charge in [0.25, 0.3) is 0 Å². The van der Waals surface area contributed by atoms with Gasteiger partial charge in [0.05, 0.1) is 0 Å². The zero-order valence-electron chi connectivity index (χ0n) is 10.4. The Morgan fingerprint density at radius 1 is 1.28 bits per heavy atom. The first-order chi connectivity index (χ1) is 8.59. The molecule has 1 aromatic carbocycles. The third-order valence-corrected chi connectivity index (χ3v) is 3.65. The van der Waals surface area contributed by atoms with Crippen LogP contribution in [0, 0.1) is 0 Å². The topological polar surface area (TPSA) is 83.5 Å². The number of nitrogens with two attached hydrogens (primary N) is 1. The molecule has 0 bridgehead atoms. The molecule has 0 spiro atoms. The van der Waals surface area contributed by atoms with E-state index < -0.39 is 12.0 Å². The number of carboxylic acids is 1. The molecule has 1 aliphatic carbocycles.